The van der Waals surface area contributed by atoms with E-state index in [-0.39, 0.29) is 47.8 Å². The minimum Gasteiger partial charge on any atom is -0.871 e. The molecule has 31 heavy (non-hydrogen) atoms. The van der Waals surface area contributed by atoms with Crippen molar-refractivity contribution >= 4 is 35.5 Å². The SMILES string of the molecule is Cc1ncc(CO)c(C=[NH+]CCCCCC[NH+]=Cc2c(CO)cnc(C)c2[O-])c1[O-].[Mg+2]. The zero-order chi connectivity index (χ0) is 21.9. The van der Waals surface area contributed by atoms with Crippen LogP contribution in [0.5, 0.6) is 11.5 Å². The van der Waals surface area contributed by atoms with Crippen molar-refractivity contribution in [1.29, 1.82) is 0 Å². The number of hydrogen-bond donors (Lipinski definition) is 4. The molecule has 0 unspecified atom stereocenters. The quantitative estimate of drug-likeness (QED) is 0.169. The molecule has 0 fully saturated rings. The Hall–Kier alpha value is -2.07. The average Bonchev–Trinajstić information content (AvgIpc) is 2.75. The summed E-state index contributed by atoms with van der Waals surface area (Å²) >= 11 is 0. The van der Waals surface area contributed by atoms with Crippen LogP contribution in [0.15, 0.2) is 12.4 Å². The van der Waals surface area contributed by atoms with Gasteiger partial charge in [-0.25, -0.2) is 9.98 Å². The average molecular weight is 439 g/mol. The van der Waals surface area contributed by atoms with Crippen LogP contribution in [0.25, 0.3) is 0 Å². The van der Waals surface area contributed by atoms with Gasteiger partial charge in [-0.2, -0.15) is 0 Å². The monoisotopic (exact) mass is 438 g/mol. The number of hydrogen-bond acceptors (Lipinski definition) is 6. The summed E-state index contributed by atoms with van der Waals surface area (Å²) in [6.45, 7) is 4.36. The minimum atomic E-state index is -0.216. The van der Waals surface area contributed by atoms with Crippen molar-refractivity contribution in [2.75, 3.05) is 13.1 Å². The van der Waals surface area contributed by atoms with Crippen LogP contribution in [0.4, 0.5) is 0 Å². The predicted octanol–water partition coefficient (Wildman–Crippen LogP) is -2.90. The molecule has 8 nitrogen and oxygen atoms in total. The van der Waals surface area contributed by atoms with E-state index < -0.39 is 0 Å². The third-order valence-electron chi connectivity index (χ3n) is 4.89. The van der Waals surface area contributed by atoms with Gasteiger partial charge >= 0.3 is 23.1 Å². The number of nitrogens with one attached hydrogen (secondary N) is 2. The number of aryl methyl sites for hydroxylation is 2. The second kappa shape index (κ2) is 14.1. The maximum absolute atomic E-state index is 12.1. The molecule has 0 radical (unpaired) electrons. The maximum Gasteiger partial charge on any atom is 2.00 e. The van der Waals surface area contributed by atoms with Gasteiger partial charge in [0.1, 0.15) is 13.1 Å². The Labute approximate surface area is 199 Å². The molecule has 9 heteroatoms. The van der Waals surface area contributed by atoms with Crippen molar-refractivity contribution in [1.82, 2.24) is 9.97 Å². The van der Waals surface area contributed by atoms with E-state index in [1.165, 1.54) is 12.4 Å². The summed E-state index contributed by atoms with van der Waals surface area (Å²) in [6.07, 6.45) is 10.3. The van der Waals surface area contributed by atoms with Crippen LogP contribution < -0.4 is 20.2 Å². The molecular formula is C22H30MgN4O4+2. The molecule has 2 rings (SSSR count). The van der Waals surface area contributed by atoms with Crippen LogP contribution in [0.1, 0.15) is 59.3 Å². The Morgan fingerprint density at radius 3 is 1.52 bits per heavy atom. The number of aromatic nitrogens is 2. The van der Waals surface area contributed by atoms with Gasteiger partial charge in [0.25, 0.3) is 0 Å². The van der Waals surface area contributed by atoms with Crippen LogP contribution >= 0.6 is 0 Å². The van der Waals surface area contributed by atoms with Crippen LogP contribution in [0, 0.1) is 13.8 Å². The molecule has 0 spiro atoms. The van der Waals surface area contributed by atoms with E-state index in [0.29, 0.717) is 33.6 Å². The summed E-state index contributed by atoms with van der Waals surface area (Å²) in [5.41, 5.74) is 2.82. The molecule has 0 atom stereocenters. The molecule has 0 bridgehead atoms. The number of aliphatic hydroxyl groups is 2. The molecule has 0 aliphatic carbocycles. The molecule has 0 aliphatic rings. The summed E-state index contributed by atoms with van der Waals surface area (Å²) in [5.74, 6) is -0.322. The first-order valence-corrected chi connectivity index (χ1v) is 10.2. The van der Waals surface area contributed by atoms with E-state index >= 15 is 0 Å². The van der Waals surface area contributed by atoms with Crippen LogP contribution in [0.3, 0.4) is 0 Å². The molecule has 162 valence electrons. The van der Waals surface area contributed by atoms with Crippen LogP contribution in [0.2, 0.25) is 0 Å². The van der Waals surface area contributed by atoms with Gasteiger partial charge < -0.3 is 20.4 Å². The van der Waals surface area contributed by atoms with Crippen molar-refractivity contribution in [3.8, 4) is 11.5 Å². The van der Waals surface area contributed by atoms with Crippen molar-refractivity contribution in [2.24, 2.45) is 0 Å². The van der Waals surface area contributed by atoms with Crippen molar-refractivity contribution < 1.29 is 30.4 Å². The first kappa shape index (κ1) is 27.0. The van der Waals surface area contributed by atoms with Gasteiger partial charge in [0, 0.05) is 58.9 Å². The largest absolute Gasteiger partial charge is 2.00 e. The number of unbranched alkanes of at least 4 members (excludes halogenated alkanes) is 3. The van der Waals surface area contributed by atoms with Crippen molar-refractivity contribution in [2.45, 2.75) is 52.7 Å². The number of aliphatic hydroxyl groups excluding tert-OH is 2. The smallest absolute Gasteiger partial charge is 0.871 e. The Bertz CT molecular complexity index is 830. The molecule has 2 heterocycles. The van der Waals surface area contributed by atoms with Crippen LogP contribution in [-0.4, -0.2) is 68.8 Å². The third kappa shape index (κ3) is 7.84. The number of nitrogens with zero attached hydrogens (tertiary/aromatic N) is 2. The second-order valence-electron chi connectivity index (χ2n) is 7.15. The van der Waals surface area contributed by atoms with Gasteiger partial charge in [0.2, 0.25) is 0 Å². The predicted molar refractivity (Wildman–Crippen MR) is 115 cm³/mol. The first-order chi connectivity index (χ1) is 14.5. The first-order valence-electron chi connectivity index (χ1n) is 10.2. The third-order valence-corrected chi connectivity index (χ3v) is 4.89. The van der Waals surface area contributed by atoms with Crippen molar-refractivity contribution in [3.05, 3.63) is 46.0 Å². The molecule has 0 aliphatic heterocycles. The van der Waals surface area contributed by atoms with Gasteiger partial charge in [-0.05, 0) is 26.7 Å². The second-order valence-corrected chi connectivity index (χ2v) is 7.15. The molecule has 2 aromatic rings. The Morgan fingerprint density at radius 1 is 0.774 bits per heavy atom. The summed E-state index contributed by atoms with van der Waals surface area (Å²) in [6, 6.07) is 0. The Balaban J connectivity index is 0.00000480. The molecule has 0 aromatic carbocycles. The van der Waals surface area contributed by atoms with E-state index in [1.807, 2.05) is 0 Å². The standard InChI is InChI=1S/C22H30N4O4.Mg/c1-15-21(29)19(17(13-27)9-25-15)11-23-7-5-3-4-6-8-24-12-20-18(14-28)10-26-16(2)22(20)30;/h9-12,27-30H,3-8,13-14H2,1-2H3;/q;+2. The molecular weight excluding hydrogens is 409 g/mol. The van der Waals surface area contributed by atoms with Gasteiger partial charge in [0.05, 0.1) is 13.2 Å². The van der Waals surface area contributed by atoms with E-state index in [4.69, 9.17) is 0 Å². The molecule has 0 amide bonds. The molecule has 0 saturated heterocycles. The zero-order valence-corrected chi connectivity index (χ0v) is 19.7. The van der Waals surface area contributed by atoms with Crippen molar-refractivity contribution in [3.63, 3.8) is 0 Å². The summed E-state index contributed by atoms with van der Waals surface area (Å²) in [7, 11) is 0. The Kier molecular flexibility index (Phi) is 12.2. The zero-order valence-electron chi connectivity index (χ0n) is 18.3. The Morgan fingerprint density at radius 2 is 1.16 bits per heavy atom. The topological polar surface area (TPSA) is 140 Å². The maximum atomic E-state index is 12.1. The summed E-state index contributed by atoms with van der Waals surface area (Å²) in [5, 5.41) is 42.9. The van der Waals surface area contributed by atoms with E-state index in [0.717, 1.165) is 38.8 Å². The number of rotatable bonds is 11. The van der Waals surface area contributed by atoms with Gasteiger partial charge in [0.15, 0.2) is 12.4 Å². The fraction of sp³-hybridized carbons (Fsp3) is 0.455. The van der Waals surface area contributed by atoms with Gasteiger partial charge in [-0.3, -0.25) is 9.97 Å². The number of pyridine rings is 2. The van der Waals surface area contributed by atoms with E-state index in [2.05, 4.69) is 20.0 Å². The minimum absolute atomic E-state index is 0. The van der Waals surface area contributed by atoms with Gasteiger partial charge in [-0.1, -0.05) is 11.5 Å². The van der Waals surface area contributed by atoms with E-state index in [9.17, 15) is 20.4 Å². The molecule has 4 N–H and O–H groups in total. The fourth-order valence-corrected chi connectivity index (χ4v) is 3.01. The molecule has 2 aromatic heterocycles. The molecule has 0 saturated carbocycles. The van der Waals surface area contributed by atoms with Crippen LogP contribution in [-0.2, 0) is 13.2 Å². The van der Waals surface area contributed by atoms with E-state index in [1.54, 1.807) is 26.3 Å². The van der Waals surface area contributed by atoms with Gasteiger partial charge in [-0.15, -0.1) is 0 Å². The normalized spacial score (nSPS) is 11.4. The summed E-state index contributed by atoms with van der Waals surface area (Å²) < 4.78 is 0. The summed E-state index contributed by atoms with van der Waals surface area (Å²) in [4.78, 5) is 14.2. The fourth-order valence-electron chi connectivity index (χ4n) is 3.01.